The number of methoxy groups -OCH3 is 1. The Kier molecular flexibility index (Phi) is 1.50. The molecule has 0 amide bonds. The molecule has 0 aliphatic heterocycles. The van der Waals surface area contributed by atoms with Gasteiger partial charge in [-0.3, -0.25) is 0 Å². The maximum Gasteiger partial charge on any atom is 0.173 e. The maximum absolute atomic E-state index is 5.14. The fourth-order valence-corrected chi connectivity index (χ4v) is 1.24. The first-order chi connectivity index (χ1) is 5.83. The van der Waals surface area contributed by atoms with Gasteiger partial charge in [0.05, 0.1) is 18.7 Å². The largest absolute Gasteiger partial charge is 0.496 e. The molecule has 0 bridgehead atoms. The first-order valence-electron chi connectivity index (χ1n) is 3.71. The molecular weight excluding hydrogens is 154 g/mol. The molecule has 2 aromatic rings. The van der Waals surface area contributed by atoms with Crippen molar-refractivity contribution >= 4 is 11.0 Å². The van der Waals surface area contributed by atoms with Gasteiger partial charge in [0.1, 0.15) is 5.75 Å². The van der Waals surface area contributed by atoms with E-state index in [4.69, 9.17) is 9.26 Å². The quantitative estimate of drug-likeness (QED) is 0.646. The Morgan fingerprint density at radius 3 is 3.00 bits per heavy atom. The summed E-state index contributed by atoms with van der Waals surface area (Å²) in [5, 5.41) is 4.64. The van der Waals surface area contributed by atoms with E-state index in [-0.39, 0.29) is 0 Å². The fraction of sp³-hybridized carbons (Fsp3) is 0.222. The van der Waals surface area contributed by atoms with Gasteiger partial charge in [0.15, 0.2) is 5.58 Å². The van der Waals surface area contributed by atoms with Gasteiger partial charge in [-0.15, -0.1) is 0 Å². The second-order valence-corrected chi connectivity index (χ2v) is 2.65. The molecule has 1 aromatic heterocycles. The van der Waals surface area contributed by atoms with E-state index >= 15 is 0 Å². The van der Waals surface area contributed by atoms with E-state index in [0.717, 1.165) is 22.3 Å². The minimum Gasteiger partial charge on any atom is -0.496 e. The molecular formula is C9H9NO2. The molecule has 3 nitrogen and oxygen atoms in total. The summed E-state index contributed by atoms with van der Waals surface area (Å²) in [5.74, 6) is 0.803. The van der Waals surface area contributed by atoms with Gasteiger partial charge in [0.2, 0.25) is 0 Å². The van der Waals surface area contributed by atoms with Crippen molar-refractivity contribution in [2.24, 2.45) is 0 Å². The predicted molar refractivity (Wildman–Crippen MR) is 45.3 cm³/mol. The molecule has 2 rings (SSSR count). The van der Waals surface area contributed by atoms with Crippen LogP contribution in [0, 0.1) is 6.92 Å². The molecule has 3 heteroatoms. The number of hydrogen-bond donors (Lipinski definition) is 0. The van der Waals surface area contributed by atoms with Gasteiger partial charge in [-0.05, 0) is 18.6 Å². The Bertz CT molecular complexity index is 406. The molecule has 1 heterocycles. The molecule has 0 aliphatic carbocycles. The van der Waals surface area contributed by atoms with Gasteiger partial charge in [0.25, 0.3) is 0 Å². The Morgan fingerprint density at radius 1 is 1.42 bits per heavy atom. The lowest BCUT2D eigenvalue weighted by atomic mass is 10.2. The van der Waals surface area contributed by atoms with Crippen LogP contribution in [0.4, 0.5) is 0 Å². The predicted octanol–water partition coefficient (Wildman–Crippen LogP) is 2.14. The third kappa shape index (κ3) is 0.863. The molecule has 0 radical (unpaired) electrons. The van der Waals surface area contributed by atoms with Crippen LogP contribution >= 0.6 is 0 Å². The van der Waals surface area contributed by atoms with E-state index in [1.165, 1.54) is 0 Å². The highest BCUT2D eigenvalue weighted by atomic mass is 16.5. The molecule has 0 N–H and O–H groups in total. The van der Waals surface area contributed by atoms with Gasteiger partial charge < -0.3 is 9.26 Å². The zero-order valence-corrected chi connectivity index (χ0v) is 7.00. The van der Waals surface area contributed by atoms with Gasteiger partial charge >= 0.3 is 0 Å². The van der Waals surface area contributed by atoms with Crippen LogP contribution in [0.1, 0.15) is 5.56 Å². The lowest BCUT2D eigenvalue weighted by Crippen LogP contribution is -1.83. The number of ether oxygens (including phenoxy) is 1. The number of aromatic nitrogens is 1. The number of hydrogen-bond acceptors (Lipinski definition) is 3. The molecule has 0 spiro atoms. The van der Waals surface area contributed by atoms with E-state index in [1.807, 2.05) is 19.1 Å². The fourth-order valence-electron chi connectivity index (χ4n) is 1.24. The first kappa shape index (κ1) is 7.16. The Hall–Kier alpha value is -1.51. The molecule has 62 valence electrons. The van der Waals surface area contributed by atoms with E-state index in [0.29, 0.717) is 0 Å². The van der Waals surface area contributed by atoms with Crippen LogP contribution in [0.5, 0.6) is 5.75 Å². The lowest BCUT2D eigenvalue weighted by Gasteiger charge is -2.00. The average Bonchev–Trinajstić information content (AvgIpc) is 2.54. The maximum atomic E-state index is 5.14. The number of rotatable bonds is 1. The monoisotopic (exact) mass is 163 g/mol. The van der Waals surface area contributed by atoms with Gasteiger partial charge in [-0.25, -0.2) is 0 Å². The van der Waals surface area contributed by atoms with Crippen molar-refractivity contribution in [2.75, 3.05) is 7.11 Å². The molecule has 0 aliphatic rings. The van der Waals surface area contributed by atoms with Crippen LogP contribution in [0.25, 0.3) is 11.0 Å². The Morgan fingerprint density at radius 2 is 2.25 bits per heavy atom. The van der Waals surface area contributed by atoms with E-state index < -0.39 is 0 Å². The number of aryl methyl sites for hydroxylation is 1. The minimum absolute atomic E-state index is 0.800. The third-order valence-corrected chi connectivity index (χ3v) is 1.90. The van der Waals surface area contributed by atoms with Crippen LogP contribution in [-0.2, 0) is 0 Å². The zero-order chi connectivity index (χ0) is 8.55. The highest BCUT2D eigenvalue weighted by Crippen LogP contribution is 2.27. The van der Waals surface area contributed by atoms with Crippen LogP contribution in [0.3, 0.4) is 0 Å². The third-order valence-electron chi connectivity index (χ3n) is 1.90. The summed E-state index contributed by atoms with van der Waals surface area (Å²) in [6.45, 7) is 1.98. The molecule has 12 heavy (non-hydrogen) atoms. The summed E-state index contributed by atoms with van der Waals surface area (Å²) in [6, 6.07) is 3.86. The summed E-state index contributed by atoms with van der Waals surface area (Å²) in [6.07, 6.45) is 1.67. The normalized spacial score (nSPS) is 10.5. The first-order valence-corrected chi connectivity index (χ1v) is 3.71. The molecule has 0 atom stereocenters. The van der Waals surface area contributed by atoms with Gasteiger partial charge in [-0.1, -0.05) is 11.2 Å². The highest BCUT2D eigenvalue weighted by Gasteiger charge is 2.06. The van der Waals surface area contributed by atoms with Crippen LogP contribution in [0.2, 0.25) is 0 Å². The second kappa shape index (κ2) is 2.52. The Labute approximate surface area is 69.9 Å². The molecule has 0 unspecified atom stereocenters. The summed E-state index contributed by atoms with van der Waals surface area (Å²) in [5.41, 5.74) is 1.87. The van der Waals surface area contributed by atoms with Crippen LogP contribution < -0.4 is 4.74 Å². The van der Waals surface area contributed by atoms with Crippen molar-refractivity contribution in [2.45, 2.75) is 6.92 Å². The molecule has 1 aromatic carbocycles. The molecule has 0 fully saturated rings. The average molecular weight is 163 g/mol. The summed E-state index contributed by atoms with van der Waals surface area (Å²) < 4.78 is 10.2. The lowest BCUT2D eigenvalue weighted by molar-refractivity contribution is 0.419. The summed E-state index contributed by atoms with van der Waals surface area (Å²) in [7, 11) is 1.64. The van der Waals surface area contributed by atoms with Gasteiger partial charge in [-0.2, -0.15) is 0 Å². The van der Waals surface area contributed by atoms with E-state index in [9.17, 15) is 0 Å². The van der Waals surface area contributed by atoms with E-state index in [2.05, 4.69) is 5.16 Å². The van der Waals surface area contributed by atoms with Gasteiger partial charge in [0, 0.05) is 0 Å². The van der Waals surface area contributed by atoms with E-state index in [1.54, 1.807) is 13.3 Å². The van der Waals surface area contributed by atoms with Crippen LogP contribution in [-0.4, -0.2) is 12.3 Å². The van der Waals surface area contributed by atoms with Crippen molar-refractivity contribution in [1.82, 2.24) is 5.16 Å². The van der Waals surface area contributed by atoms with Crippen molar-refractivity contribution in [1.29, 1.82) is 0 Å². The van der Waals surface area contributed by atoms with Crippen molar-refractivity contribution in [3.63, 3.8) is 0 Å². The standard InChI is InChI=1S/C9H9NO2/c1-6-3-4-8(11-2)7-5-10-12-9(6)7/h3-5H,1-2H3. The van der Waals surface area contributed by atoms with Crippen molar-refractivity contribution < 1.29 is 9.26 Å². The summed E-state index contributed by atoms with van der Waals surface area (Å²) >= 11 is 0. The topological polar surface area (TPSA) is 35.3 Å². The number of benzene rings is 1. The zero-order valence-electron chi connectivity index (χ0n) is 7.00. The van der Waals surface area contributed by atoms with Crippen molar-refractivity contribution in [3.8, 4) is 5.75 Å². The number of fused-ring (bicyclic) bond motifs is 1. The summed E-state index contributed by atoms with van der Waals surface area (Å²) in [4.78, 5) is 0. The second-order valence-electron chi connectivity index (χ2n) is 2.65. The molecule has 0 saturated heterocycles. The molecule has 0 saturated carbocycles. The SMILES string of the molecule is COc1ccc(C)c2oncc12. The smallest absolute Gasteiger partial charge is 0.173 e. The Balaban J connectivity index is 2.82. The van der Waals surface area contributed by atoms with Crippen LogP contribution in [0.15, 0.2) is 22.9 Å². The minimum atomic E-state index is 0.800. The highest BCUT2D eigenvalue weighted by molar-refractivity contribution is 5.85. The number of nitrogens with zero attached hydrogens (tertiary/aromatic N) is 1. The van der Waals surface area contributed by atoms with Crippen molar-refractivity contribution in [3.05, 3.63) is 23.9 Å².